The zero-order chi connectivity index (χ0) is 15.5. The lowest BCUT2D eigenvalue weighted by Crippen LogP contribution is -2.61. The van der Waals surface area contributed by atoms with Crippen LogP contribution in [-0.4, -0.2) is 41.5 Å². The number of carbonyl (C=O) groups is 1. The highest BCUT2D eigenvalue weighted by atomic mass is 16.1. The second-order valence-corrected chi connectivity index (χ2v) is 7.22. The molecule has 0 saturated heterocycles. The fourth-order valence-electron chi connectivity index (χ4n) is 3.67. The van der Waals surface area contributed by atoms with E-state index in [4.69, 9.17) is 5.73 Å². The third kappa shape index (κ3) is 4.19. The lowest BCUT2D eigenvalue weighted by molar-refractivity contribution is -0.127. The third-order valence-corrected chi connectivity index (χ3v) is 5.42. The molecule has 3 unspecified atom stereocenters. The van der Waals surface area contributed by atoms with Crippen LogP contribution < -0.4 is 11.1 Å². The topological polar surface area (TPSA) is 58.4 Å². The Labute approximate surface area is 129 Å². The highest BCUT2D eigenvalue weighted by molar-refractivity contribution is 5.85. The number of amides is 1. The summed E-state index contributed by atoms with van der Waals surface area (Å²) in [6.45, 7) is 9.00. The van der Waals surface area contributed by atoms with E-state index in [-0.39, 0.29) is 5.91 Å². The molecule has 2 fully saturated rings. The molecule has 4 nitrogen and oxygen atoms in total. The largest absolute Gasteiger partial charge is 0.368 e. The Morgan fingerprint density at radius 3 is 2.62 bits per heavy atom. The van der Waals surface area contributed by atoms with Crippen LogP contribution in [0.1, 0.15) is 65.7 Å². The standard InChI is InChI=1S/C17H33N3O/c1-4-13(3)12-20(5-2)15-7-6-10-17(11-15,16(18)21)19-14-8-9-14/h13-15,19H,4-12H2,1-3H3,(H2,18,21). The predicted molar refractivity (Wildman–Crippen MR) is 87.0 cm³/mol. The summed E-state index contributed by atoms with van der Waals surface area (Å²) in [4.78, 5) is 14.7. The van der Waals surface area contributed by atoms with Crippen LogP contribution >= 0.6 is 0 Å². The molecule has 1 amide bonds. The summed E-state index contributed by atoms with van der Waals surface area (Å²) >= 11 is 0. The van der Waals surface area contributed by atoms with Gasteiger partial charge in [-0.05, 0) is 51.0 Å². The van der Waals surface area contributed by atoms with E-state index in [9.17, 15) is 4.79 Å². The molecule has 0 radical (unpaired) electrons. The van der Waals surface area contributed by atoms with Gasteiger partial charge in [-0.1, -0.05) is 27.2 Å². The number of primary amides is 1. The number of hydrogen-bond donors (Lipinski definition) is 2. The van der Waals surface area contributed by atoms with Gasteiger partial charge in [0.2, 0.25) is 5.91 Å². The van der Waals surface area contributed by atoms with Crippen molar-refractivity contribution in [2.75, 3.05) is 13.1 Å². The molecular formula is C17H33N3O. The van der Waals surface area contributed by atoms with Crippen molar-refractivity contribution in [3.05, 3.63) is 0 Å². The van der Waals surface area contributed by atoms with E-state index >= 15 is 0 Å². The molecule has 3 atom stereocenters. The smallest absolute Gasteiger partial charge is 0.237 e. The van der Waals surface area contributed by atoms with E-state index in [1.165, 1.54) is 25.7 Å². The van der Waals surface area contributed by atoms with Crippen molar-refractivity contribution < 1.29 is 4.79 Å². The molecule has 0 heterocycles. The van der Waals surface area contributed by atoms with Gasteiger partial charge in [-0.15, -0.1) is 0 Å². The lowest BCUT2D eigenvalue weighted by atomic mass is 9.77. The Morgan fingerprint density at radius 1 is 1.38 bits per heavy atom. The van der Waals surface area contributed by atoms with Gasteiger partial charge in [0.1, 0.15) is 0 Å². The second kappa shape index (κ2) is 7.10. The molecule has 2 aliphatic carbocycles. The molecule has 0 spiro atoms. The lowest BCUT2D eigenvalue weighted by Gasteiger charge is -2.44. The Morgan fingerprint density at radius 2 is 2.10 bits per heavy atom. The number of nitrogens with two attached hydrogens (primary N) is 1. The quantitative estimate of drug-likeness (QED) is 0.722. The van der Waals surface area contributed by atoms with Crippen molar-refractivity contribution in [2.24, 2.45) is 11.7 Å². The minimum atomic E-state index is -0.451. The summed E-state index contributed by atoms with van der Waals surface area (Å²) in [7, 11) is 0. The normalized spacial score (nSPS) is 31.3. The van der Waals surface area contributed by atoms with Gasteiger partial charge in [0.05, 0.1) is 5.54 Å². The molecule has 122 valence electrons. The third-order valence-electron chi connectivity index (χ3n) is 5.42. The maximum Gasteiger partial charge on any atom is 0.237 e. The Hall–Kier alpha value is -0.610. The molecule has 0 bridgehead atoms. The summed E-state index contributed by atoms with van der Waals surface area (Å²) in [5.41, 5.74) is 5.34. The minimum absolute atomic E-state index is 0.140. The van der Waals surface area contributed by atoms with Crippen LogP contribution in [0, 0.1) is 5.92 Å². The summed E-state index contributed by atoms with van der Waals surface area (Å²) in [5, 5.41) is 3.58. The van der Waals surface area contributed by atoms with Gasteiger partial charge < -0.3 is 16.0 Å². The monoisotopic (exact) mass is 295 g/mol. The van der Waals surface area contributed by atoms with Gasteiger partial charge in [-0.25, -0.2) is 0 Å². The molecule has 3 N–H and O–H groups in total. The van der Waals surface area contributed by atoms with Crippen molar-refractivity contribution in [1.82, 2.24) is 10.2 Å². The van der Waals surface area contributed by atoms with Gasteiger partial charge >= 0.3 is 0 Å². The maximum atomic E-state index is 12.1. The molecule has 4 heteroatoms. The Balaban J connectivity index is 2.04. The molecule has 0 aromatic rings. The van der Waals surface area contributed by atoms with Crippen molar-refractivity contribution in [2.45, 2.75) is 83.3 Å². The van der Waals surface area contributed by atoms with Crippen molar-refractivity contribution in [3.8, 4) is 0 Å². The zero-order valence-corrected chi connectivity index (χ0v) is 14.0. The molecule has 0 aliphatic heterocycles. The average molecular weight is 295 g/mol. The molecule has 0 aromatic carbocycles. The summed E-state index contributed by atoms with van der Waals surface area (Å²) in [5.74, 6) is 0.574. The van der Waals surface area contributed by atoms with Crippen molar-refractivity contribution in [1.29, 1.82) is 0 Å². The maximum absolute atomic E-state index is 12.1. The zero-order valence-electron chi connectivity index (χ0n) is 14.0. The van der Waals surface area contributed by atoms with E-state index in [1.807, 2.05) is 0 Å². The van der Waals surface area contributed by atoms with Crippen LogP contribution in [-0.2, 0) is 4.79 Å². The molecular weight excluding hydrogens is 262 g/mol. The molecule has 21 heavy (non-hydrogen) atoms. The van der Waals surface area contributed by atoms with E-state index in [0.717, 1.165) is 32.4 Å². The van der Waals surface area contributed by atoms with Gasteiger partial charge in [-0.3, -0.25) is 4.79 Å². The van der Waals surface area contributed by atoms with Crippen LogP contribution in [0.5, 0.6) is 0 Å². The summed E-state index contributed by atoms with van der Waals surface area (Å²) < 4.78 is 0. The Kier molecular flexibility index (Phi) is 5.67. The summed E-state index contributed by atoms with van der Waals surface area (Å²) in [6.07, 6.45) is 7.72. The van der Waals surface area contributed by atoms with Gasteiger partial charge in [-0.2, -0.15) is 0 Å². The highest BCUT2D eigenvalue weighted by Gasteiger charge is 2.45. The van der Waals surface area contributed by atoms with Crippen LogP contribution in [0.3, 0.4) is 0 Å². The van der Waals surface area contributed by atoms with Crippen LogP contribution in [0.4, 0.5) is 0 Å². The first-order chi connectivity index (χ1) is 10.0. The van der Waals surface area contributed by atoms with E-state index < -0.39 is 5.54 Å². The van der Waals surface area contributed by atoms with Crippen LogP contribution in [0.2, 0.25) is 0 Å². The summed E-state index contributed by atoms with van der Waals surface area (Å²) in [6, 6.07) is 1.03. The second-order valence-electron chi connectivity index (χ2n) is 7.22. The number of nitrogens with zero attached hydrogens (tertiary/aromatic N) is 1. The van der Waals surface area contributed by atoms with Crippen molar-refractivity contribution >= 4 is 5.91 Å². The number of hydrogen-bond acceptors (Lipinski definition) is 3. The molecule has 0 aromatic heterocycles. The number of carbonyl (C=O) groups excluding carboxylic acids is 1. The average Bonchev–Trinajstić information content (AvgIpc) is 3.28. The molecule has 2 saturated carbocycles. The van der Waals surface area contributed by atoms with Crippen molar-refractivity contribution in [3.63, 3.8) is 0 Å². The minimum Gasteiger partial charge on any atom is -0.368 e. The Bertz CT molecular complexity index is 356. The van der Waals surface area contributed by atoms with Crippen LogP contribution in [0.25, 0.3) is 0 Å². The van der Waals surface area contributed by atoms with Gasteiger partial charge in [0, 0.05) is 18.6 Å². The first-order valence-corrected chi connectivity index (χ1v) is 8.82. The van der Waals surface area contributed by atoms with Gasteiger partial charge in [0.25, 0.3) is 0 Å². The van der Waals surface area contributed by atoms with Crippen LogP contribution in [0.15, 0.2) is 0 Å². The molecule has 2 aliphatic rings. The number of rotatable bonds is 8. The first kappa shape index (κ1) is 16.8. The van der Waals surface area contributed by atoms with E-state index in [2.05, 4.69) is 31.0 Å². The highest BCUT2D eigenvalue weighted by Crippen LogP contribution is 2.35. The molecule has 2 rings (SSSR count). The number of nitrogens with one attached hydrogen (secondary N) is 1. The predicted octanol–water partition coefficient (Wildman–Crippen LogP) is 2.27. The SMILES string of the molecule is CCC(C)CN(CC)C1CCCC(NC2CC2)(C(N)=O)C1. The fourth-order valence-corrected chi connectivity index (χ4v) is 3.67. The van der Waals surface area contributed by atoms with E-state index in [0.29, 0.717) is 18.0 Å². The first-order valence-electron chi connectivity index (χ1n) is 8.82. The van der Waals surface area contributed by atoms with E-state index in [1.54, 1.807) is 0 Å². The van der Waals surface area contributed by atoms with Gasteiger partial charge in [0.15, 0.2) is 0 Å². The fraction of sp³-hybridized carbons (Fsp3) is 0.941.